The number of amides is 1. The monoisotopic (exact) mass is 356 g/mol. The van der Waals surface area contributed by atoms with Gasteiger partial charge in [0.2, 0.25) is 5.88 Å². The largest absolute Gasteiger partial charge is 0.468 e. The quantitative estimate of drug-likeness (QED) is 0.775. The molecule has 0 atom stereocenters. The maximum absolute atomic E-state index is 12.0. The number of carbonyl (C=O) groups is 1. The zero-order chi connectivity index (χ0) is 18.4. The molecule has 2 aromatic heterocycles. The van der Waals surface area contributed by atoms with Crippen molar-refractivity contribution in [2.75, 3.05) is 13.2 Å². The van der Waals surface area contributed by atoms with Gasteiger partial charge in [-0.15, -0.1) is 0 Å². The van der Waals surface area contributed by atoms with Crippen LogP contribution in [0.2, 0.25) is 0 Å². The summed E-state index contributed by atoms with van der Waals surface area (Å²) in [4.78, 5) is 15.7. The molecule has 9 heteroatoms. The standard InChI is InChI=1S/C16H19F3N4O2/c1-11-8-12(2)23(22-11)7-3-6-20-15(24)13-4-5-14(21-9-13)25-10-16(17,18)19/h4-5,8-9H,3,6-7,10H2,1-2H3,(H,20,24). The smallest absolute Gasteiger partial charge is 0.422 e. The highest BCUT2D eigenvalue weighted by Crippen LogP contribution is 2.17. The fourth-order valence-corrected chi connectivity index (χ4v) is 2.19. The molecular weight excluding hydrogens is 337 g/mol. The first kappa shape index (κ1) is 18.8. The van der Waals surface area contributed by atoms with Crippen LogP contribution < -0.4 is 10.1 Å². The average molecular weight is 356 g/mol. The van der Waals surface area contributed by atoms with E-state index in [-0.39, 0.29) is 17.4 Å². The van der Waals surface area contributed by atoms with Crippen molar-refractivity contribution in [2.24, 2.45) is 0 Å². The van der Waals surface area contributed by atoms with Crippen LogP contribution in [0, 0.1) is 13.8 Å². The minimum atomic E-state index is -4.43. The molecule has 0 bridgehead atoms. The molecule has 0 aliphatic carbocycles. The van der Waals surface area contributed by atoms with Gasteiger partial charge in [-0.3, -0.25) is 9.48 Å². The maximum atomic E-state index is 12.0. The first-order valence-corrected chi connectivity index (χ1v) is 7.69. The Kier molecular flexibility index (Phi) is 6.00. The molecule has 0 spiro atoms. The van der Waals surface area contributed by atoms with E-state index < -0.39 is 12.8 Å². The van der Waals surface area contributed by atoms with Gasteiger partial charge in [0.05, 0.1) is 11.3 Å². The Labute approximate surface area is 143 Å². The molecule has 0 aliphatic heterocycles. The van der Waals surface area contributed by atoms with Crippen molar-refractivity contribution in [1.29, 1.82) is 0 Å². The van der Waals surface area contributed by atoms with Crippen molar-refractivity contribution in [1.82, 2.24) is 20.1 Å². The Bertz CT molecular complexity index is 711. The second-order valence-electron chi connectivity index (χ2n) is 5.55. The van der Waals surface area contributed by atoms with Crippen LogP contribution in [-0.2, 0) is 6.54 Å². The molecular formula is C16H19F3N4O2. The van der Waals surface area contributed by atoms with Gasteiger partial charge in [0.25, 0.3) is 5.91 Å². The topological polar surface area (TPSA) is 69.0 Å². The summed E-state index contributed by atoms with van der Waals surface area (Å²) in [5.41, 5.74) is 2.26. The fraction of sp³-hybridized carbons (Fsp3) is 0.438. The highest BCUT2D eigenvalue weighted by molar-refractivity contribution is 5.93. The van der Waals surface area contributed by atoms with Gasteiger partial charge in [-0.2, -0.15) is 18.3 Å². The predicted octanol–water partition coefficient (Wildman–Crippen LogP) is 2.66. The van der Waals surface area contributed by atoms with Crippen molar-refractivity contribution in [2.45, 2.75) is 33.0 Å². The summed E-state index contributed by atoms with van der Waals surface area (Å²) < 4.78 is 42.5. The van der Waals surface area contributed by atoms with Crippen LogP contribution in [0.3, 0.4) is 0 Å². The molecule has 1 amide bonds. The third-order valence-electron chi connectivity index (χ3n) is 3.32. The lowest BCUT2D eigenvalue weighted by molar-refractivity contribution is -0.154. The maximum Gasteiger partial charge on any atom is 0.422 e. The summed E-state index contributed by atoms with van der Waals surface area (Å²) >= 11 is 0. The second kappa shape index (κ2) is 8.00. The average Bonchev–Trinajstić information content (AvgIpc) is 2.87. The molecule has 0 fully saturated rings. The summed E-state index contributed by atoms with van der Waals surface area (Å²) in [5, 5.41) is 7.06. The minimum Gasteiger partial charge on any atom is -0.468 e. The number of ether oxygens (including phenoxy) is 1. The summed E-state index contributed by atoms with van der Waals surface area (Å²) in [7, 11) is 0. The number of carbonyl (C=O) groups excluding carboxylic acids is 1. The molecule has 1 N–H and O–H groups in total. The number of aromatic nitrogens is 3. The van der Waals surface area contributed by atoms with Crippen LogP contribution in [0.4, 0.5) is 13.2 Å². The lowest BCUT2D eigenvalue weighted by Crippen LogP contribution is -2.25. The van der Waals surface area contributed by atoms with E-state index >= 15 is 0 Å². The first-order chi connectivity index (χ1) is 11.7. The van der Waals surface area contributed by atoms with E-state index in [2.05, 4.69) is 20.1 Å². The van der Waals surface area contributed by atoms with E-state index in [1.165, 1.54) is 18.3 Å². The van der Waals surface area contributed by atoms with Gasteiger partial charge < -0.3 is 10.1 Å². The Hall–Kier alpha value is -2.58. The van der Waals surface area contributed by atoms with Crippen molar-refractivity contribution < 1.29 is 22.7 Å². The number of aryl methyl sites for hydroxylation is 3. The van der Waals surface area contributed by atoms with Crippen LogP contribution in [-0.4, -0.2) is 40.0 Å². The second-order valence-corrected chi connectivity index (χ2v) is 5.55. The van der Waals surface area contributed by atoms with Gasteiger partial charge in [-0.25, -0.2) is 4.98 Å². The minimum absolute atomic E-state index is 0.182. The lowest BCUT2D eigenvalue weighted by atomic mass is 10.2. The molecule has 0 saturated heterocycles. The number of nitrogens with zero attached hydrogens (tertiary/aromatic N) is 3. The normalized spacial score (nSPS) is 11.4. The van der Waals surface area contributed by atoms with E-state index in [1.807, 2.05) is 24.6 Å². The highest BCUT2D eigenvalue weighted by Gasteiger charge is 2.28. The van der Waals surface area contributed by atoms with Crippen LogP contribution >= 0.6 is 0 Å². The van der Waals surface area contributed by atoms with Crippen LogP contribution in [0.15, 0.2) is 24.4 Å². The van der Waals surface area contributed by atoms with E-state index in [1.54, 1.807) is 0 Å². The van der Waals surface area contributed by atoms with Gasteiger partial charge in [-0.1, -0.05) is 0 Å². The molecule has 136 valence electrons. The van der Waals surface area contributed by atoms with Crippen molar-refractivity contribution in [3.05, 3.63) is 41.3 Å². The SMILES string of the molecule is Cc1cc(C)n(CCCNC(=O)c2ccc(OCC(F)(F)F)nc2)n1. The van der Waals surface area contributed by atoms with Crippen LogP contribution in [0.25, 0.3) is 0 Å². The first-order valence-electron chi connectivity index (χ1n) is 7.69. The Morgan fingerprint density at radius 3 is 2.64 bits per heavy atom. The summed E-state index contributed by atoms with van der Waals surface area (Å²) in [6, 6.07) is 4.58. The number of rotatable bonds is 7. The third kappa shape index (κ3) is 6.09. The molecule has 2 rings (SSSR count). The van der Waals surface area contributed by atoms with E-state index in [0.717, 1.165) is 11.4 Å². The van der Waals surface area contributed by atoms with Crippen LogP contribution in [0.5, 0.6) is 5.88 Å². The van der Waals surface area contributed by atoms with Crippen molar-refractivity contribution in [3.8, 4) is 5.88 Å². The van der Waals surface area contributed by atoms with Gasteiger partial charge in [0, 0.05) is 31.0 Å². The molecule has 2 aromatic rings. The highest BCUT2D eigenvalue weighted by atomic mass is 19.4. The summed E-state index contributed by atoms with van der Waals surface area (Å²) in [6.07, 6.45) is -2.54. The van der Waals surface area contributed by atoms with Crippen molar-refractivity contribution >= 4 is 5.91 Å². The lowest BCUT2D eigenvalue weighted by Gasteiger charge is -2.09. The predicted molar refractivity (Wildman–Crippen MR) is 84.4 cm³/mol. The van der Waals surface area contributed by atoms with Gasteiger partial charge in [-0.05, 0) is 32.4 Å². The number of alkyl halides is 3. The molecule has 2 heterocycles. The van der Waals surface area contributed by atoms with E-state index in [4.69, 9.17) is 0 Å². The van der Waals surface area contributed by atoms with E-state index in [9.17, 15) is 18.0 Å². The number of halogens is 3. The molecule has 0 radical (unpaired) electrons. The Balaban J connectivity index is 1.76. The zero-order valence-electron chi connectivity index (χ0n) is 13.9. The van der Waals surface area contributed by atoms with Crippen molar-refractivity contribution in [3.63, 3.8) is 0 Å². The number of nitrogens with one attached hydrogen (secondary N) is 1. The third-order valence-corrected chi connectivity index (χ3v) is 3.32. The molecule has 0 unspecified atom stereocenters. The number of hydrogen-bond donors (Lipinski definition) is 1. The fourth-order valence-electron chi connectivity index (χ4n) is 2.19. The van der Waals surface area contributed by atoms with Gasteiger partial charge in [0.1, 0.15) is 0 Å². The number of hydrogen-bond acceptors (Lipinski definition) is 4. The van der Waals surface area contributed by atoms with Gasteiger partial charge in [0.15, 0.2) is 6.61 Å². The molecule has 0 aromatic carbocycles. The molecule has 0 saturated carbocycles. The van der Waals surface area contributed by atoms with Gasteiger partial charge >= 0.3 is 6.18 Å². The zero-order valence-corrected chi connectivity index (χ0v) is 13.9. The van der Waals surface area contributed by atoms with Crippen LogP contribution in [0.1, 0.15) is 28.2 Å². The summed E-state index contributed by atoms with van der Waals surface area (Å²) in [6.45, 7) is 3.59. The summed E-state index contributed by atoms with van der Waals surface area (Å²) in [5.74, 6) is -0.526. The number of pyridine rings is 1. The van der Waals surface area contributed by atoms with E-state index in [0.29, 0.717) is 19.5 Å². The Morgan fingerprint density at radius 1 is 1.32 bits per heavy atom. The molecule has 6 nitrogen and oxygen atoms in total. The molecule has 25 heavy (non-hydrogen) atoms. The molecule has 0 aliphatic rings. The Morgan fingerprint density at radius 2 is 2.08 bits per heavy atom.